The number of hydrogen-bond donors (Lipinski definition) is 1. The number of carboxylic acids is 1. The van der Waals surface area contributed by atoms with Crippen molar-refractivity contribution in [1.82, 2.24) is 4.90 Å². The van der Waals surface area contributed by atoms with Gasteiger partial charge in [-0.1, -0.05) is 44.2 Å². The van der Waals surface area contributed by atoms with E-state index in [4.69, 9.17) is 5.11 Å². The van der Waals surface area contributed by atoms with Gasteiger partial charge in [0, 0.05) is 6.04 Å². The zero-order chi connectivity index (χ0) is 14.3. The monoisotopic (exact) mass is 263 g/mol. The second-order valence-electron chi connectivity index (χ2n) is 4.88. The Morgan fingerprint density at radius 1 is 1.32 bits per heavy atom. The Morgan fingerprint density at radius 2 is 1.95 bits per heavy atom. The number of likely N-dealkylation sites (tertiary alicyclic amines) is 1. The van der Waals surface area contributed by atoms with Crippen LogP contribution in [0.4, 0.5) is 0 Å². The molecule has 3 nitrogen and oxygen atoms in total. The standard InChI is InChI=1S/C14H19NO2.C2H6/c1-15-8-7-12(14(16)17)10-13(15)9-11-5-3-2-4-6-11;1-2/h2-6,12-13H,7-10H2,1H3,(H,16,17);1-2H3. The molecule has 0 radical (unpaired) electrons. The van der Waals surface area contributed by atoms with Gasteiger partial charge in [-0.2, -0.15) is 0 Å². The highest BCUT2D eigenvalue weighted by Gasteiger charge is 2.30. The van der Waals surface area contributed by atoms with Crippen molar-refractivity contribution in [2.75, 3.05) is 13.6 Å². The summed E-state index contributed by atoms with van der Waals surface area (Å²) in [7, 11) is 2.09. The summed E-state index contributed by atoms with van der Waals surface area (Å²) in [6.45, 7) is 4.88. The Kier molecular flexibility index (Phi) is 6.57. The lowest BCUT2D eigenvalue weighted by molar-refractivity contribution is -0.143. The third-order valence-corrected chi connectivity index (χ3v) is 3.67. The topological polar surface area (TPSA) is 40.5 Å². The van der Waals surface area contributed by atoms with Crippen LogP contribution < -0.4 is 0 Å². The molecule has 0 aromatic heterocycles. The molecule has 0 saturated carbocycles. The summed E-state index contributed by atoms with van der Waals surface area (Å²) in [6.07, 6.45) is 2.49. The number of carbonyl (C=O) groups is 1. The van der Waals surface area contributed by atoms with Crippen molar-refractivity contribution in [3.63, 3.8) is 0 Å². The highest BCUT2D eigenvalue weighted by atomic mass is 16.4. The van der Waals surface area contributed by atoms with Crippen LogP contribution in [0.15, 0.2) is 30.3 Å². The molecule has 1 N–H and O–H groups in total. The van der Waals surface area contributed by atoms with E-state index >= 15 is 0 Å². The van der Waals surface area contributed by atoms with Gasteiger partial charge >= 0.3 is 5.97 Å². The van der Waals surface area contributed by atoms with E-state index in [1.54, 1.807) is 0 Å². The van der Waals surface area contributed by atoms with E-state index in [1.165, 1.54) is 5.56 Å². The number of benzene rings is 1. The van der Waals surface area contributed by atoms with E-state index < -0.39 is 5.97 Å². The zero-order valence-corrected chi connectivity index (χ0v) is 12.2. The summed E-state index contributed by atoms with van der Waals surface area (Å²) in [5, 5.41) is 9.09. The van der Waals surface area contributed by atoms with Crippen molar-refractivity contribution >= 4 is 5.97 Å². The Balaban J connectivity index is 0.000000861. The maximum Gasteiger partial charge on any atom is 0.306 e. The van der Waals surface area contributed by atoms with Crippen LogP contribution in [0, 0.1) is 5.92 Å². The minimum Gasteiger partial charge on any atom is -0.481 e. The normalized spacial score (nSPS) is 23.3. The molecule has 2 atom stereocenters. The second-order valence-corrected chi connectivity index (χ2v) is 4.88. The molecule has 1 aliphatic rings. The van der Waals surface area contributed by atoms with Crippen LogP contribution in [0.2, 0.25) is 0 Å². The third kappa shape index (κ3) is 4.67. The van der Waals surface area contributed by atoms with Crippen LogP contribution >= 0.6 is 0 Å². The first kappa shape index (κ1) is 15.7. The molecular weight excluding hydrogens is 238 g/mol. The number of nitrogens with zero attached hydrogens (tertiary/aromatic N) is 1. The van der Waals surface area contributed by atoms with Crippen LogP contribution in [-0.4, -0.2) is 35.6 Å². The number of piperidine rings is 1. The van der Waals surface area contributed by atoms with Crippen molar-refractivity contribution < 1.29 is 9.90 Å². The molecule has 19 heavy (non-hydrogen) atoms. The molecule has 2 rings (SSSR count). The maximum absolute atomic E-state index is 11.0. The predicted octanol–water partition coefficient (Wildman–Crippen LogP) is 3.05. The Labute approximate surface area is 116 Å². The molecule has 0 aliphatic carbocycles. The Morgan fingerprint density at radius 3 is 2.53 bits per heavy atom. The van der Waals surface area contributed by atoms with Gasteiger partial charge in [0.05, 0.1) is 5.92 Å². The molecule has 1 aromatic carbocycles. The number of carboxylic acid groups (broad SMARTS) is 1. The second kappa shape index (κ2) is 7.95. The fraction of sp³-hybridized carbons (Fsp3) is 0.562. The van der Waals surface area contributed by atoms with Crippen LogP contribution in [-0.2, 0) is 11.2 Å². The molecule has 106 valence electrons. The molecule has 2 unspecified atom stereocenters. The van der Waals surface area contributed by atoms with E-state index in [0.717, 1.165) is 25.8 Å². The third-order valence-electron chi connectivity index (χ3n) is 3.67. The summed E-state index contributed by atoms with van der Waals surface area (Å²) in [5.74, 6) is -0.809. The molecule has 0 bridgehead atoms. The van der Waals surface area contributed by atoms with Gasteiger partial charge in [-0.25, -0.2) is 0 Å². The summed E-state index contributed by atoms with van der Waals surface area (Å²) in [6, 6.07) is 10.6. The van der Waals surface area contributed by atoms with Crippen LogP contribution in [0.25, 0.3) is 0 Å². The lowest BCUT2D eigenvalue weighted by Gasteiger charge is -2.35. The number of likely N-dealkylation sites (N-methyl/N-ethyl adjacent to an activating group) is 1. The Bertz CT molecular complexity index is 378. The number of rotatable bonds is 3. The summed E-state index contributed by atoms with van der Waals surface area (Å²) in [5.41, 5.74) is 1.29. The lowest BCUT2D eigenvalue weighted by Crippen LogP contribution is -2.43. The molecule has 3 heteroatoms. The summed E-state index contributed by atoms with van der Waals surface area (Å²) in [4.78, 5) is 13.3. The van der Waals surface area contributed by atoms with E-state index in [-0.39, 0.29) is 5.92 Å². The smallest absolute Gasteiger partial charge is 0.306 e. The quantitative estimate of drug-likeness (QED) is 0.911. The minimum absolute atomic E-state index is 0.167. The minimum atomic E-state index is -0.642. The van der Waals surface area contributed by atoms with Crippen LogP contribution in [0.1, 0.15) is 32.3 Å². The van der Waals surface area contributed by atoms with Gasteiger partial charge in [-0.05, 0) is 38.4 Å². The van der Waals surface area contributed by atoms with Gasteiger partial charge in [-0.3, -0.25) is 4.79 Å². The van der Waals surface area contributed by atoms with Gasteiger partial charge in [0.1, 0.15) is 0 Å². The SMILES string of the molecule is CC.CN1CCC(C(=O)O)CC1Cc1ccccc1. The van der Waals surface area contributed by atoms with E-state index in [9.17, 15) is 4.79 Å². The van der Waals surface area contributed by atoms with Crippen molar-refractivity contribution in [3.8, 4) is 0 Å². The van der Waals surface area contributed by atoms with Crippen LogP contribution in [0.3, 0.4) is 0 Å². The van der Waals surface area contributed by atoms with Crippen LogP contribution in [0.5, 0.6) is 0 Å². The summed E-state index contributed by atoms with van der Waals surface area (Å²) < 4.78 is 0. The van der Waals surface area contributed by atoms with Crippen molar-refractivity contribution in [2.24, 2.45) is 5.92 Å². The molecule has 1 saturated heterocycles. The summed E-state index contributed by atoms with van der Waals surface area (Å²) >= 11 is 0. The number of hydrogen-bond acceptors (Lipinski definition) is 2. The molecule has 1 fully saturated rings. The molecule has 1 heterocycles. The zero-order valence-electron chi connectivity index (χ0n) is 12.2. The van der Waals surface area contributed by atoms with Gasteiger partial charge in [0.15, 0.2) is 0 Å². The fourth-order valence-electron chi connectivity index (χ4n) is 2.52. The van der Waals surface area contributed by atoms with Gasteiger partial charge in [-0.15, -0.1) is 0 Å². The average molecular weight is 263 g/mol. The van der Waals surface area contributed by atoms with Gasteiger partial charge < -0.3 is 10.0 Å². The highest BCUT2D eigenvalue weighted by molar-refractivity contribution is 5.70. The fourth-order valence-corrected chi connectivity index (χ4v) is 2.52. The first-order valence-corrected chi connectivity index (χ1v) is 7.14. The predicted molar refractivity (Wildman–Crippen MR) is 78.3 cm³/mol. The maximum atomic E-state index is 11.0. The van der Waals surface area contributed by atoms with Gasteiger partial charge in [0.2, 0.25) is 0 Å². The van der Waals surface area contributed by atoms with Crippen molar-refractivity contribution in [1.29, 1.82) is 0 Å². The van der Waals surface area contributed by atoms with Crippen molar-refractivity contribution in [3.05, 3.63) is 35.9 Å². The molecule has 1 aromatic rings. The molecule has 0 amide bonds. The average Bonchev–Trinajstić information content (AvgIpc) is 2.44. The van der Waals surface area contributed by atoms with Crippen molar-refractivity contribution in [2.45, 2.75) is 39.2 Å². The first-order valence-electron chi connectivity index (χ1n) is 7.14. The number of aliphatic carboxylic acids is 1. The Hall–Kier alpha value is -1.35. The first-order chi connectivity index (χ1) is 9.16. The highest BCUT2D eigenvalue weighted by Crippen LogP contribution is 2.24. The molecule has 0 spiro atoms. The van der Waals surface area contributed by atoms with E-state index in [1.807, 2.05) is 32.0 Å². The lowest BCUT2D eigenvalue weighted by atomic mass is 9.88. The molecular formula is C16H25NO2. The molecule has 1 aliphatic heterocycles. The van der Waals surface area contributed by atoms with Gasteiger partial charge in [0.25, 0.3) is 0 Å². The van der Waals surface area contributed by atoms with E-state index in [2.05, 4.69) is 24.1 Å². The largest absolute Gasteiger partial charge is 0.481 e. The van der Waals surface area contributed by atoms with E-state index in [0.29, 0.717) is 6.04 Å².